The van der Waals surface area contributed by atoms with Gasteiger partial charge in [0, 0.05) is 11.4 Å². The summed E-state index contributed by atoms with van der Waals surface area (Å²) in [6.07, 6.45) is 0.679. The molecule has 2 amide bonds. The molecule has 4 nitrogen and oxygen atoms in total. The number of carbonyl (C=O) groups is 2. The lowest BCUT2D eigenvalue weighted by Gasteiger charge is -2.09. The maximum Gasteiger partial charge on any atom is 0.228 e. The molecule has 0 aromatic heterocycles. The van der Waals surface area contributed by atoms with Gasteiger partial charge in [0.05, 0.1) is 12.8 Å². The van der Waals surface area contributed by atoms with E-state index in [0.717, 1.165) is 33.3 Å². The molecule has 4 heteroatoms. The first-order chi connectivity index (χ1) is 11.7. The minimum absolute atomic E-state index is 0.00997. The molecule has 118 valence electrons. The third-order valence-corrected chi connectivity index (χ3v) is 4.25. The highest BCUT2D eigenvalue weighted by Crippen LogP contribution is 2.26. The van der Waals surface area contributed by atoms with Crippen molar-refractivity contribution in [3.8, 4) is 0 Å². The molecule has 1 aliphatic heterocycles. The first-order valence-electron chi connectivity index (χ1n) is 7.88. The largest absolute Gasteiger partial charge is 0.326 e. The topological polar surface area (TPSA) is 58.2 Å². The molecule has 1 heterocycles. The summed E-state index contributed by atoms with van der Waals surface area (Å²) >= 11 is 0. The second kappa shape index (κ2) is 5.81. The third-order valence-electron chi connectivity index (χ3n) is 4.25. The van der Waals surface area contributed by atoms with Crippen LogP contribution in [0, 0.1) is 0 Å². The van der Waals surface area contributed by atoms with Gasteiger partial charge in [-0.05, 0) is 40.1 Å². The molecular weight excluding hydrogens is 300 g/mol. The zero-order valence-corrected chi connectivity index (χ0v) is 13.0. The number of benzene rings is 3. The molecule has 0 spiro atoms. The number of carbonyl (C=O) groups excluding carboxylic acids is 2. The molecule has 0 fully saturated rings. The van der Waals surface area contributed by atoms with Gasteiger partial charge in [-0.15, -0.1) is 0 Å². The van der Waals surface area contributed by atoms with Gasteiger partial charge >= 0.3 is 0 Å². The minimum Gasteiger partial charge on any atom is -0.326 e. The van der Waals surface area contributed by atoms with Crippen LogP contribution in [0.25, 0.3) is 10.8 Å². The summed E-state index contributed by atoms with van der Waals surface area (Å²) in [5.74, 6) is -0.0761. The highest BCUT2D eigenvalue weighted by molar-refractivity contribution is 6.01. The fourth-order valence-corrected chi connectivity index (χ4v) is 3.13. The number of rotatable bonds is 3. The Morgan fingerprint density at radius 1 is 1.04 bits per heavy atom. The van der Waals surface area contributed by atoms with E-state index in [1.165, 1.54) is 0 Å². The molecule has 0 saturated carbocycles. The van der Waals surface area contributed by atoms with E-state index >= 15 is 0 Å². The van der Waals surface area contributed by atoms with Crippen LogP contribution in [0.15, 0.2) is 60.7 Å². The highest BCUT2D eigenvalue weighted by atomic mass is 16.2. The molecule has 24 heavy (non-hydrogen) atoms. The Balaban J connectivity index is 1.53. The average Bonchev–Trinajstić information content (AvgIpc) is 2.94. The van der Waals surface area contributed by atoms with Crippen molar-refractivity contribution >= 4 is 34.0 Å². The molecule has 1 aliphatic rings. The molecule has 3 aromatic rings. The van der Waals surface area contributed by atoms with Crippen LogP contribution in [0.1, 0.15) is 11.1 Å². The monoisotopic (exact) mass is 316 g/mol. The Morgan fingerprint density at radius 2 is 1.88 bits per heavy atom. The van der Waals surface area contributed by atoms with Crippen LogP contribution in [-0.2, 0) is 22.4 Å². The van der Waals surface area contributed by atoms with Crippen molar-refractivity contribution in [2.75, 3.05) is 10.6 Å². The zero-order chi connectivity index (χ0) is 16.5. The summed E-state index contributed by atoms with van der Waals surface area (Å²) in [6.45, 7) is 0. The van der Waals surface area contributed by atoms with E-state index in [9.17, 15) is 9.59 Å². The van der Waals surface area contributed by atoms with Gasteiger partial charge in [-0.1, -0.05) is 42.5 Å². The molecule has 3 aromatic carbocycles. The van der Waals surface area contributed by atoms with Crippen molar-refractivity contribution in [1.82, 2.24) is 0 Å². The van der Waals surface area contributed by atoms with Gasteiger partial charge in [0.25, 0.3) is 0 Å². The maximum atomic E-state index is 12.4. The summed E-state index contributed by atoms with van der Waals surface area (Å²) in [5.41, 5.74) is 3.47. The molecule has 0 bridgehead atoms. The smallest absolute Gasteiger partial charge is 0.228 e. The predicted molar refractivity (Wildman–Crippen MR) is 95.1 cm³/mol. The normalized spacial score (nSPS) is 12.8. The SMILES string of the molecule is O=C(Cc1cccc2ccccc12)Nc1ccc2c(c1)CC(=O)N2. The fourth-order valence-electron chi connectivity index (χ4n) is 3.13. The summed E-state index contributed by atoms with van der Waals surface area (Å²) < 4.78 is 0. The van der Waals surface area contributed by atoms with E-state index in [4.69, 9.17) is 0 Å². The molecule has 4 rings (SSSR count). The zero-order valence-electron chi connectivity index (χ0n) is 13.0. The number of nitrogens with one attached hydrogen (secondary N) is 2. The van der Waals surface area contributed by atoms with Crippen LogP contribution < -0.4 is 10.6 Å². The maximum absolute atomic E-state index is 12.4. The Kier molecular flexibility index (Phi) is 3.50. The Labute approximate surface area is 139 Å². The van der Waals surface area contributed by atoms with Crippen molar-refractivity contribution < 1.29 is 9.59 Å². The van der Waals surface area contributed by atoms with Crippen LogP contribution in [0.5, 0.6) is 0 Å². The summed E-state index contributed by atoms with van der Waals surface area (Å²) in [6, 6.07) is 19.5. The Morgan fingerprint density at radius 3 is 2.79 bits per heavy atom. The van der Waals surface area contributed by atoms with Gasteiger partial charge < -0.3 is 10.6 Å². The van der Waals surface area contributed by atoms with Crippen LogP contribution in [0.2, 0.25) is 0 Å². The van der Waals surface area contributed by atoms with Crippen molar-refractivity contribution in [1.29, 1.82) is 0 Å². The van der Waals surface area contributed by atoms with Gasteiger partial charge in [-0.2, -0.15) is 0 Å². The molecule has 0 saturated heterocycles. The van der Waals surface area contributed by atoms with E-state index in [1.807, 2.05) is 60.7 Å². The van der Waals surface area contributed by atoms with Crippen molar-refractivity contribution in [2.24, 2.45) is 0 Å². The summed E-state index contributed by atoms with van der Waals surface area (Å²) in [7, 11) is 0. The number of anilines is 2. The Hall–Kier alpha value is -3.14. The minimum atomic E-state index is -0.0661. The summed E-state index contributed by atoms with van der Waals surface area (Å²) in [5, 5.41) is 7.93. The van der Waals surface area contributed by atoms with Gasteiger partial charge in [0.15, 0.2) is 0 Å². The van der Waals surface area contributed by atoms with Crippen LogP contribution in [0.3, 0.4) is 0 Å². The second-order valence-corrected chi connectivity index (χ2v) is 5.96. The lowest BCUT2D eigenvalue weighted by atomic mass is 10.0. The number of fused-ring (bicyclic) bond motifs is 2. The Bertz CT molecular complexity index is 958. The molecule has 0 radical (unpaired) electrons. The molecule has 0 aliphatic carbocycles. The first-order valence-corrected chi connectivity index (χ1v) is 7.88. The molecule has 0 unspecified atom stereocenters. The van der Waals surface area contributed by atoms with E-state index in [-0.39, 0.29) is 11.8 Å². The highest BCUT2D eigenvalue weighted by Gasteiger charge is 2.18. The quantitative estimate of drug-likeness (QED) is 0.777. The first kappa shape index (κ1) is 14.5. The van der Waals surface area contributed by atoms with Crippen molar-refractivity contribution in [2.45, 2.75) is 12.8 Å². The predicted octanol–water partition coefficient (Wildman–Crippen LogP) is 3.52. The van der Waals surface area contributed by atoms with Crippen LogP contribution in [-0.4, -0.2) is 11.8 Å². The lowest BCUT2D eigenvalue weighted by molar-refractivity contribution is -0.116. The third kappa shape index (κ3) is 2.74. The van der Waals surface area contributed by atoms with Gasteiger partial charge in [-0.3, -0.25) is 9.59 Å². The van der Waals surface area contributed by atoms with Gasteiger partial charge in [0.1, 0.15) is 0 Å². The van der Waals surface area contributed by atoms with Crippen LogP contribution in [0.4, 0.5) is 11.4 Å². The van der Waals surface area contributed by atoms with E-state index < -0.39 is 0 Å². The summed E-state index contributed by atoms with van der Waals surface area (Å²) in [4.78, 5) is 23.8. The van der Waals surface area contributed by atoms with Gasteiger partial charge in [0.2, 0.25) is 11.8 Å². The molecule has 2 N–H and O–H groups in total. The standard InChI is InChI=1S/C20H16N2O2/c23-19(11-14-6-3-5-13-4-1-2-7-17(13)14)21-16-8-9-18-15(10-16)12-20(24)22-18/h1-10H,11-12H2,(H,21,23)(H,22,24). The number of hydrogen-bond acceptors (Lipinski definition) is 2. The molecular formula is C20H16N2O2. The number of hydrogen-bond donors (Lipinski definition) is 2. The second-order valence-electron chi connectivity index (χ2n) is 5.96. The van der Waals surface area contributed by atoms with Crippen molar-refractivity contribution in [3.63, 3.8) is 0 Å². The van der Waals surface area contributed by atoms with E-state index in [1.54, 1.807) is 0 Å². The van der Waals surface area contributed by atoms with Gasteiger partial charge in [-0.25, -0.2) is 0 Å². The number of amides is 2. The molecule has 0 atom stereocenters. The van der Waals surface area contributed by atoms with Crippen LogP contribution >= 0.6 is 0 Å². The average molecular weight is 316 g/mol. The lowest BCUT2D eigenvalue weighted by Crippen LogP contribution is -2.14. The van der Waals surface area contributed by atoms with E-state index in [2.05, 4.69) is 10.6 Å². The fraction of sp³-hybridized carbons (Fsp3) is 0.100. The van der Waals surface area contributed by atoms with Crippen molar-refractivity contribution in [3.05, 3.63) is 71.8 Å². The van der Waals surface area contributed by atoms with E-state index in [0.29, 0.717) is 12.8 Å².